The van der Waals surface area contributed by atoms with Crippen molar-refractivity contribution in [1.29, 1.82) is 0 Å². The fourth-order valence-electron chi connectivity index (χ4n) is 0.599. The van der Waals surface area contributed by atoms with E-state index in [4.69, 9.17) is 0 Å². The lowest BCUT2D eigenvalue weighted by Gasteiger charge is -2.28. The molecule has 0 bridgehead atoms. The van der Waals surface area contributed by atoms with Crippen LogP contribution in [0.15, 0.2) is 0 Å². The molecule has 0 aliphatic carbocycles. The van der Waals surface area contributed by atoms with Gasteiger partial charge in [-0.05, 0) is 0 Å². The molecule has 0 aromatic carbocycles. The predicted octanol–water partition coefficient (Wildman–Crippen LogP) is 0.485. The average molecular weight is 195 g/mol. The number of carbonyl (C=O) groups is 2. The van der Waals surface area contributed by atoms with Crippen LogP contribution in [-0.4, -0.2) is 35.3 Å². The SMILES string of the molecule is CON1C(=O)NSN(CF)C1=O. The summed E-state index contributed by atoms with van der Waals surface area (Å²) >= 11 is 0.586. The van der Waals surface area contributed by atoms with Crippen molar-refractivity contribution in [3.63, 3.8) is 0 Å². The molecule has 1 aliphatic heterocycles. The standard InChI is InChI=1S/C4H6FN3O3S/c1-11-8-3(9)6-12-7(2-5)4(8)10/h2H2,1H3,(H,6,9). The Bertz CT molecular complexity index is 214. The third-order valence-corrected chi connectivity index (χ3v) is 1.85. The summed E-state index contributed by atoms with van der Waals surface area (Å²) in [5.74, 6) is 0. The van der Waals surface area contributed by atoms with Crippen molar-refractivity contribution in [3.05, 3.63) is 0 Å². The summed E-state index contributed by atoms with van der Waals surface area (Å²) in [6.45, 7) is -0.996. The van der Waals surface area contributed by atoms with E-state index in [0.29, 0.717) is 21.5 Å². The second-order valence-electron chi connectivity index (χ2n) is 1.76. The van der Waals surface area contributed by atoms with Crippen molar-refractivity contribution < 1.29 is 18.8 Å². The summed E-state index contributed by atoms with van der Waals surface area (Å²) in [5.41, 5.74) is 0. The summed E-state index contributed by atoms with van der Waals surface area (Å²) in [7, 11) is 1.14. The predicted molar refractivity (Wildman–Crippen MR) is 38.2 cm³/mol. The van der Waals surface area contributed by atoms with Crippen LogP contribution in [0.1, 0.15) is 0 Å². The van der Waals surface area contributed by atoms with E-state index in [1.165, 1.54) is 0 Å². The van der Waals surface area contributed by atoms with Crippen LogP contribution in [0.3, 0.4) is 0 Å². The van der Waals surface area contributed by atoms with Crippen LogP contribution in [0.5, 0.6) is 0 Å². The average Bonchev–Trinajstić information content (AvgIpc) is 2.06. The van der Waals surface area contributed by atoms with Gasteiger partial charge in [-0.25, -0.2) is 18.3 Å². The molecule has 0 atom stereocenters. The van der Waals surface area contributed by atoms with Gasteiger partial charge in [0.25, 0.3) is 0 Å². The summed E-state index contributed by atoms with van der Waals surface area (Å²) in [6, 6.07) is -1.56. The van der Waals surface area contributed by atoms with E-state index in [0.717, 1.165) is 7.11 Å². The van der Waals surface area contributed by atoms with Gasteiger partial charge >= 0.3 is 12.1 Å². The number of halogens is 1. The molecule has 0 aromatic heterocycles. The van der Waals surface area contributed by atoms with Gasteiger partial charge in [0.1, 0.15) is 0 Å². The second-order valence-corrected chi connectivity index (χ2v) is 2.58. The molecule has 1 fully saturated rings. The van der Waals surface area contributed by atoms with Crippen LogP contribution in [0.25, 0.3) is 0 Å². The van der Waals surface area contributed by atoms with Crippen molar-refractivity contribution >= 4 is 24.2 Å². The van der Waals surface area contributed by atoms with E-state index in [-0.39, 0.29) is 0 Å². The fraction of sp³-hybridized carbons (Fsp3) is 0.500. The zero-order chi connectivity index (χ0) is 9.14. The maximum Gasteiger partial charge on any atom is 0.366 e. The lowest BCUT2D eigenvalue weighted by Crippen LogP contribution is -2.52. The van der Waals surface area contributed by atoms with E-state index in [2.05, 4.69) is 9.56 Å². The van der Waals surface area contributed by atoms with Crippen molar-refractivity contribution in [2.24, 2.45) is 0 Å². The molecular formula is C4H6FN3O3S. The molecule has 1 saturated heterocycles. The zero-order valence-corrected chi connectivity index (χ0v) is 6.93. The quantitative estimate of drug-likeness (QED) is 0.514. The van der Waals surface area contributed by atoms with Crippen LogP contribution in [-0.2, 0) is 4.84 Å². The van der Waals surface area contributed by atoms with Gasteiger partial charge < -0.3 is 0 Å². The second kappa shape index (κ2) is 3.59. The largest absolute Gasteiger partial charge is 0.366 e. The number of rotatable bonds is 2. The highest BCUT2D eigenvalue weighted by atomic mass is 32.2. The maximum atomic E-state index is 12.0. The van der Waals surface area contributed by atoms with Gasteiger partial charge in [-0.1, -0.05) is 0 Å². The summed E-state index contributed by atoms with van der Waals surface area (Å²) in [5, 5.41) is 0.427. The molecule has 6 nitrogen and oxygen atoms in total. The van der Waals surface area contributed by atoms with Gasteiger partial charge in [-0.15, -0.1) is 5.06 Å². The maximum absolute atomic E-state index is 12.0. The Balaban J connectivity index is 2.70. The van der Waals surface area contributed by atoms with E-state index < -0.39 is 18.9 Å². The topological polar surface area (TPSA) is 61.9 Å². The molecule has 1 aliphatic rings. The molecule has 0 unspecified atom stereocenters. The molecule has 4 amide bonds. The Morgan fingerprint density at radius 1 is 1.67 bits per heavy atom. The van der Waals surface area contributed by atoms with Crippen molar-refractivity contribution in [2.45, 2.75) is 0 Å². The lowest BCUT2D eigenvalue weighted by molar-refractivity contribution is -0.0541. The summed E-state index contributed by atoms with van der Waals surface area (Å²) < 4.78 is 14.9. The Labute approximate surface area is 71.8 Å². The Hall–Kier alpha value is -1.02. The van der Waals surface area contributed by atoms with Gasteiger partial charge in [0.05, 0.1) is 19.2 Å². The third kappa shape index (κ3) is 1.43. The van der Waals surface area contributed by atoms with E-state index in [1.54, 1.807) is 0 Å². The van der Waals surface area contributed by atoms with Crippen LogP contribution in [0.4, 0.5) is 14.0 Å². The van der Waals surface area contributed by atoms with Crippen LogP contribution in [0.2, 0.25) is 0 Å². The highest BCUT2D eigenvalue weighted by Gasteiger charge is 2.33. The molecule has 8 heteroatoms. The van der Waals surface area contributed by atoms with Gasteiger partial charge in [0, 0.05) is 0 Å². The molecule has 12 heavy (non-hydrogen) atoms. The fourth-order valence-corrected chi connectivity index (χ4v) is 1.07. The van der Waals surface area contributed by atoms with Crippen molar-refractivity contribution in [2.75, 3.05) is 13.9 Å². The molecule has 68 valence electrons. The third-order valence-electron chi connectivity index (χ3n) is 1.11. The molecule has 0 spiro atoms. The highest BCUT2D eigenvalue weighted by molar-refractivity contribution is 7.96. The van der Waals surface area contributed by atoms with E-state index in [9.17, 15) is 14.0 Å². The highest BCUT2D eigenvalue weighted by Crippen LogP contribution is 2.15. The minimum atomic E-state index is -0.996. The lowest BCUT2D eigenvalue weighted by atomic mass is 10.8. The number of amides is 4. The minimum absolute atomic E-state index is 0.427. The van der Waals surface area contributed by atoms with Crippen LogP contribution < -0.4 is 4.72 Å². The zero-order valence-electron chi connectivity index (χ0n) is 6.11. The number of carbonyl (C=O) groups excluding carboxylic acids is 2. The Kier molecular flexibility index (Phi) is 2.71. The number of hydrogen-bond acceptors (Lipinski definition) is 4. The Morgan fingerprint density at radius 3 is 2.83 bits per heavy atom. The smallest absolute Gasteiger partial charge is 0.264 e. The first-order valence-corrected chi connectivity index (χ1v) is 3.66. The first-order chi connectivity index (χ1) is 5.70. The van der Waals surface area contributed by atoms with Gasteiger partial charge in [-0.3, -0.25) is 9.56 Å². The number of urea groups is 2. The molecule has 0 radical (unpaired) electrons. The molecule has 1 rings (SSSR count). The molecule has 0 aromatic rings. The molecule has 0 saturated carbocycles. The van der Waals surface area contributed by atoms with Gasteiger partial charge in [-0.2, -0.15) is 0 Å². The molecule has 1 N–H and O–H groups in total. The van der Waals surface area contributed by atoms with Crippen LogP contribution in [0, 0.1) is 0 Å². The number of nitrogens with zero attached hydrogens (tertiary/aromatic N) is 2. The van der Waals surface area contributed by atoms with Gasteiger partial charge in [0.2, 0.25) is 0 Å². The van der Waals surface area contributed by atoms with Crippen molar-refractivity contribution in [1.82, 2.24) is 14.1 Å². The number of alkyl halides is 1. The minimum Gasteiger partial charge on any atom is -0.264 e. The Morgan fingerprint density at radius 2 is 2.33 bits per heavy atom. The molecule has 1 heterocycles. The number of nitrogens with one attached hydrogen (secondary N) is 1. The molecular weight excluding hydrogens is 189 g/mol. The first-order valence-electron chi connectivity index (χ1n) is 2.89. The monoisotopic (exact) mass is 195 g/mol. The van der Waals surface area contributed by atoms with E-state index >= 15 is 0 Å². The van der Waals surface area contributed by atoms with E-state index in [1.807, 2.05) is 0 Å². The number of imide groups is 1. The van der Waals surface area contributed by atoms with Crippen LogP contribution >= 0.6 is 12.1 Å². The van der Waals surface area contributed by atoms with Gasteiger partial charge in [0.15, 0.2) is 6.80 Å². The summed E-state index contributed by atoms with van der Waals surface area (Å²) in [4.78, 5) is 26.2. The van der Waals surface area contributed by atoms with Crippen molar-refractivity contribution in [3.8, 4) is 0 Å². The normalized spacial score (nSPS) is 18.2. The number of hydrogen-bond donors (Lipinski definition) is 1. The number of hydroxylamine groups is 2. The summed E-state index contributed by atoms with van der Waals surface area (Å²) in [6.07, 6.45) is 0. The first kappa shape index (κ1) is 9.07.